The van der Waals surface area contributed by atoms with Crippen LogP contribution >= 0.6 is 43.2 Å². The van der Waals surface area contributed by atoms with Crippen molar-refractivity contribution in [2.24, 2.45) is 0 Å². The molecule has 0 bridgehead atoms. The second kappa shape index (κ2) is 6.00. The molecule has 1 N–H and O–H groups in total. The van der Waals surface area contributed by atoms with Crippen molar-refractivity contribution >= 4 is 43.2 Å². The Balaban J connectivity index is 2.04. The van der Waals surface area contributed by atoms with Crippen LogP contribution in [0.15, 0.2) is 38.6 Å². The number of rotatable bonds is 4. The first-order chi connectivity index (χ1) is 8.19. The number of aliphatic hydroxyl groups excluding tert-OH is 1. The van der Waals surface area contributed by atoms with Crippen molar-refractivity contribution < 1.29 is 9.84 Å². The van der Waals surface area contributed by atoms with Gasteiger partial charge in [-0.2, -0.15) is 0 Å². The first-order valence-corrected chi connectivity index (χ1v) is 7.35. The lowest BCUT2D eigenvalue weighted by atomic mass is 10.2. The highest BCUT2D eigenvalue weighted by molar-refractivity contribution is 9.11. The number of halogens is 2. The van der Waals surface area contributed by atoms with Crippen molar-refractivity contribution in [2.45, 2.75) is 13.2 Å². The van der Waals surface area contributed by atoms with Gasteiger partial charge >= 0.3 is 0 Å². The Kier molecular flexibility index (Phi) is 4.62. The van der Waals surface area contributed by atoms with Crippen LogP contribution in [-0.4, -0.2) is 5.11 Å². The van der Waals surface area contributed by atoms with E-state index in [1.54, 1.807) is 11.3 Å². The first-order valence-electron chi connectivity index (χ1n) is 4.95. The molecule has 1 aromatic heterocycles. The lowest BCUT2D eigenvalue weighted by molar-refractivity contribution is 0.277. The van der Waals surface area contributed by atoms with Gasteiger partial charge in [0.05, 0.1) is 10.4 Å². The van der Waals surface area contributed by atoms with Crippen molar-refractivity contribution in [3.8, 4) is 5.75 Å². The summed E-state index contributed by atoms with van der Waals surface area (Å²) < 4.78 is 7.66. The fourth-order valence-corrected chi connectivity index (χ4v) is 3.11. The van der Waals surface area contributed by atoms with Crippen LogP contribution < -0.4 is 4.74 Å². The normalized spacial score (nSPS) is 10.5. The topological polar surface area (TPSA) is 29.5 Å². The fourth-order valence-electron chi connectivity index (χ4n) is 1.35. The maximum Gasteiger partial charge on any atom is 0.122 e. The summed E-state index contributed by atoms with van der Waals surface area (Å²) in [4.78, 5) is 1.16. The minimum Gasteiger partial charge on any atom is -0.488 e. The lowest BCUT2D eigenvalue weighted by Crippen LogP contribution is -1.94. The van der Waals surface area contributed by atoms with Crippen LogP contribution in [0.1, 0.15) is 10.4 Å². The van der Waals surface area contributed by atoms with Crippen molar-refractivity contribution in [2.75, 3.05) is 0 Å². The van der Waals surface area contributed by atoms with Gasteiger partial charge in [0, 0.05) is 9.35 Å². The molecule has 2 nitrogen and oxygen atoms in total. The zero-order chi connectivity index (χ0) is 12.3. The molecule has 17 heavy (non-hydrogen) atoms. The second-order valence-corrected chi connectivity index (χ2v) is 6.81. The monoisotopic (exact) mass is 376 g/mol. The maximum atomic E-state index is 9.14. The average molecular weight is 378 g/mol. The average Bonchev–Trinajstić information content (AvgIpc) is 2.74. The number of hydrogen-bond acceptors (Lipinski definition) is 3. The minimum absolute atomic E-state index is 0.00231. The number of hydrogen-bond donors (Lipinski definition) is 1. The molecule has 2 aromatic rings. The van der Waals surface area contributed by atoms with Crippen molar-refractivity contribution in [3.63, 3.8) is 0 Å². The number of benzene rings is 1. The fraction of sp³-hybridized carbons (Fsp3) is 0.167. The third kappa shape index (κ3) is 3.55. The molecule has 0 aliphatic heterocycles. The summed E-state index contributed by atoms with van der Waals surface area (Å²) in [6, 6.07) is 9.63. The van der Waals surface area contributed by atoms with E-state index >= 15 is 0 Å². The Morgan fingerprint density at radius 3 is 2.65 bits per heavy atom. The van der Waals surface area contributed by atoms with Gasteiger partial charge in [0.15, 0.2) is 0 Å². The predicted molar refractivity (Wildman–Crippen MR) is 76.4 cm³/mol. The predicted octanol–water partition coefficient (Wildman–Crippen LogP) is 4.34. The number of ether oxygens (including phenoxy) is 1. The summed E-state index contributed by atoms with van der Waals surface area (Å²) in [5.74, 6) is 0.766. The Bertz CT molecular complexity index is 511. The van der Waals surface area contributed by atoms with Gasteiger partial charge in [0.2, 0.25) is 0 Å². The molecular weight excluding hydrogens is 368 g/mol. The van der Waals surface area contributed by atoms with Crippen LogP contribution in [-0.2, 0) is 13.2 Å². The van der Waals surface area contributed by atoms with Gasteiger partial charge in [-0.05, 0) is 51.8 Å². The standard InChI is InChI=1S/C12H10Br2O2S/c13-11-3-1-9(5-8(11)6-15)16-7-10-2-4-12(14)17-10/h1-5,15H,6-7H2. The van der Waals surface area contributed by atoms with Crippen LogP contribution in [0, 0.1) is 0 Å². The van der Waals surface area contributed by atoms with Crippen LogP contribution in [0.5, 0.6) is 5.75 Å². The summed E-state index contributed by atoms with van der Waals surface area (Å²) in [6.45, 7) is 0.547. The largest absolute Gasteiger partial charge is 0.488 e. The molecule has 0 amide bonds. The zero-order valence-electron chi connectivity index (χ0n) is 8.82. The van der Waals surface area contributed by atoms with E-state index in [9.17, 15) is 0 Å². The summed E-state index contributed by atoms with van der Waals surface area (Å²) >= 11 is 8.44. The van der Waals surface area contributed by atoms with Crippen molar-refractivity contribution in [1.82, 2.24) is 0 Å². The lowest BCUT2D eigenvalue weighted by Gasteiger charge is -2.07. The molecule has 0 aliphatic carbocycles. The molecule has 1 heterocycles. The molecule has 0 spiro atoms. The van der Waals surface area contributed by atoms with E-state index in [0.717, 1.165) is 24.4 Å². The van der Waals surface area contributed by atoms with Crippen LogP contribution in [0.4, 0.5) is 0 Å². The molecule has 0 fully saturated rings. The van der Waals surface area contributed by atoms with E-state index in [-0.39, 0.29) is 6.61 Å². The van der Waals surface area contributed by atoms with E-state index in [1.807, 2.05) is 30.3 Å². The van der Waals surface area contributed by atoms with Gasteiger partial charge < -0.3 is 9.84 Å². The third-order valence-electron chi connectivity index (χ3n) is 2.20. The summed E-state index contributed by atoms with van der Waals surface area (Å²) in [6.07, 6.45) is 0. The van der Waals surface area contributed by atoms with E-state index in [2.05, 4.69) is 31.9 Å². The van der Waals surface area contributed by atoms with Gasteiger partial charge in [-0.1, -0.05) is 15.9 Å². The highest BCUT2D eigenvalue weighted by Crippen LogP contribution is 2.26. The van der Waals surface area contributed by atoms with Crippen LogP contribution in [0.25, 0.3) is 0 Å². The maximum absolute atomic E-state index is 9.14. The van der Waals surface area contributed by atoms with E-state index < -0.39 is 0 Å². The highest BCUT2D eigenvalue weighted by Gasteiger charge is 2.03. The van der Waals surface area contributed by atoms with Gasteiger partial charge in [0.25, 0.3) is 0 Å². The van der Waals surface area contributed by atoms with Gasteiger partial charge in [-0.3, -0.25) is 0 Å². The molecular formula is C12H10Br2O2S. The molecule has 1 aromatic carbocycles. The minimum atomic E-state index is 0.00231. The Labute approximate surface area is 121 Å². The van der Waals surface area contributed by atoms with E-state index in [1.165, 1.54) is 0 Å². The smallest absolute Gasteiger partial charge is 0.122 e. The first kappa shape index (κ1) is 13.1. The number of aliphatic hydroxyl groups is 1. The van der Waals surface area contributed by atoms with Crippen LogP contribution in [0.2, 0.25) is 0 Å². The molecule has 5 heteroatoms. The molecule has 90 valence electrons. The third-order valence-corrected chi connectivity index (χ3v) is 4.57. The highest BCUT2D eigenvalue weighted by atomic mass is 79.9. The van der Waals surface area contributed by atoms with Crippen LogP contribution in [0.3, 0.4) is 0 Å². The van der Waals surface area contributed by atoms with Gasteiger partial charge in [0.1, 0.15) is 12.4 Å². The summed E-state index contributed by atoms with van der Waals surface area (Å²) in [5.41, 5.74) is 0.829. The number of thiophene rings is 1. The van der Waals surface area contributed by atoms with E-state index in [4.69, 9.17) is 9.84 Å². The Morgan fingerprint density at radius 1 is 1.18 bits per heavy atom. The molecule has 0 aliphatic rings. The molecule has 0 saturated heterocycles. The molecule has 2 rings (SSSR count). The quantitative estimate of drug-likeness (QED) is 0.858. The van der Waals surface area contributed by atoms with E-state index in [0.29, 0.717) is 6.61 Å². The van der Waals surface area contributed by atoms with Gasteiger partial charge in [-0.25, -0.2) is 0 Å². The van der Waals surface area contributed by atoms with Crippen molar-refractivity contribution in [1.29, 1.82) is 0 Å². The summed E-state index contributed by atoms with van der Waals surface area (Å²) in [7, 11) is 0. The zero-order valence-corrected chi connectivity index (χ0v) is 12.8. The SMILES string of the molecule is OCc1cc(OCc2ccc(Br)s2)ccc1Br. The molecule has 0 saturated carbocycles. The Morgan fingerprint density at radius 2 is 2.00 bits per heavy atom. The summed E-state index contributed by atoms with van der Waals surface area (Å²) in [5, 5.41) is 9.14. The van der Waals surface area contributed by atoms with Gasteiger partial charge in [-0.15, -0.1) is 11.3 Å². The Hall–Kier alpha value is -0.360. The molecule has 0 unspecified atom stereocenters. The van der Waals surface area contributed by atoms with Crippen molar-refractivity contribution in [3.05, 3.63) is 49.0 Å². The second-order valence-electron chi connectivity index (χ2n) is 3.41. The molecule has 0 atom stereocenters. The molecule has 0 radical (unpaired) electrons.